The van der Waals surface area contributed by atoms with Gasteiger partial charge in [-0.2, -0.15) is 0 Å². The third-order valence-corrected chi connectivity index (χ3v) is 4.14. The summed E-state index contributed by atoms with van der Waals surface area (Å²) in [7, 11) is 0. The van der Waals surface area contributed by atoms with Crippen LogP contribution >= 0.6 is 0 Å². The minimum absolute atomic E-state index is 0.533. The first-order valence-corrected chi connectivity index (χ1v) is 8.89. The second-order valence-corrected chi connectivity index (χ2v) is 6.07. The first-order valence-electron chi connectivity index (χ1n) is 8.89. The van der Waals surface area contributed by atoms with Crippen molar-refractivity contribution < 1.29 is 4.74 Å². The molecular weight excluding hydrogens is 316 g/mol. The number of hydrogen-bond donors (Lipinski definition) is 2. The van der Waals surface area contributed by atoms with Gasteiger partial charge in [0.1, 0.15) is 11.3 Å². The lowest BCUT2D eigenvalue weighted by Gasteiger charge is -2.26. The van der Waals surface area contributed by atoms with Gasteiger partial charge in [-0.3, -0.25) is 10.2 Å². The minimum atomic E-state index is 0.533. The van der Waals surface area contributed by atoms with Crippen LogP contribution in [0.1, 0.15) is 32.4 Å². The molecular formula is C18H26N6O. The van der Waals surface area contributed by atoms with Crippen LogP contribution in [-0.2, 0) is 0 Å². The number of hydrogen-bond acceptors (Lipinski definition) is 7. The standard InChI is InChI=1S/C18H26N6O/c1-4-6-10-24-11-19-17(20-12-24)23-18-21-13(3)14-8-7-9-15(25-5-2)16(14)22-18/h7-9H,4-6,10-12H2,1-3H3,(H2,19,20,21,22,23). The topological polar surface area (TPSA) is 74.7 Å². The fourth-order valence-corrected chi connectivity index (χ4v) is 2.79. The van der Waals surface area contributed by atoms with E-state index in [0.717, 1.165) is 35.6 Å². The highest BCUT2D eigenvalue weighted by Crippen LogP contribution is 2.26. The molecule has 0 amide bonds. The van der Waals surface area contributed by atoms with E-state index in [-0.39, 0.29) is 0 Å². The largest absolute Gasteiger partial charge is 0.492 e. The molecule has 25 heavy (non-hydrogen) atoms. The van der Waals surface area contributed by atoms with Gasteiger partial charge in [0.25, 0.3) is 0 Å². The Kier molecular flexibility index (Phi) is 5.65. The van der Waals surface area contributed by atoms with E-state index >= 15 is 0 Å². The number of unbranched alkanes of at least 4 members (excludes halogenated alkanes) is 1. The summed E-state index contributed by atoms with van der Waals surface area (Å²) in [5.41, 5.74) is 1.73. The molecule has 0 saturated carbocycles. The molecule has 0 bridgehead atoms. The van der Waals surface area contributed by atoms with Gasteiger partial charge in [0.2, 0.25) is 11.9 Å². The van der Waals surface area contributed by atoms with E-state index in [2.05, 4.69) is 37.4 Å². The van der Waals surface area contributed by atoms with Crippen LogP contribution in [0.4, 0.5) is 5.95 Å². The molecule has 0 aliphatic carbocycles. The molecule has 0 atom stereocenters. The molecule has 0 fully saturated rings. The number of anilines is 1. The minimum Gasteiger partial charge on any atom is -0.492 e. The van der Waals surface area contributed by atoms with Crippen molar-refractivity contribution >= 4 is 22.8 Å². The van der Waals surface area contributed by atoms with Crippen LogP contribution in [-0.4, -0.2) is 47.3 Å². The summed E-state index contributed by atoms with van der Waals surface area (Å²) in [6, 6.07) is 5.91. The van der Waals surface area contributed by atoms with Crippen molar-refractivity contribution in [2.75, 3.05) is 31.8 Å². The van der Waals surface area contributed by atoms with Crippen molar-refractivity contribution in [1.29, 1.82) is 0 Å². The normalized spacial score (nSPS) is 14.9. The number of benzene rings is 1. The molecule has 1 aliphatic rings. The number of aliphatic imine (C=N–C) groups is 1. The first kappa shape index (κ1) is 17.4. The fourth-order valence-electron chi connectivity index (χ4n) is 2.79. The van der Waals surface area contributed by atoms with Gasteiger partial charge >= 0.3 is 0 Å². The lowest BCUT2D eigenvalue weighted by Crippen LogP contribution is -2.46. The average Bonchev–Trinajstić information content (AvgIpc) is 2.62. The highest BCUT2D eigenvalue weighted by atomic mass is 16.5. The van der Waals surface area contributed by atoms with E-state index in [4.69, 9.17) is 4.74 Å². The molecule has 2 aromatic rings. The Hall–Kier alpha value is -2.41. The third-order valence-electron chi connectivity index (χ3n) is 4.14. The van der Waals surface area contributed by atoms with E-state index in [1.807, 2.05) is 32.0 Å². The molecule has 0 spiro atoms. The van der Waals surface area contributed by atoms with Crippen LogP contribution in [0.15, 0.2) is 23.2 Å². The van der Waals surface area contributed by atoms with Gasteiger partial charge in [-0.15, -0.1) is 0 Å². The monoisotopic (exact) mass is 342 g/mol. The molecule has 0 radical (unpaired) electrons. The molecule has 7 nitrogen and oxygen atoms in total. The maximum atomic E-state index is 5.70. The molecule has 2 N–H and O–H groups in total. The number of fused-ring (bicyclic) bond motifs is 1. The van der Waals surface area contributed by atoms with Crippen molar-refractivity contribution in [3.05, 3.63) is 23.9 Å². The predicted octanol–water partition coefficient (Wildman–Crippen LogP) is 2.73. The summed E-state index contributed by atoms with van der Waals surface area (Å²) in [4.78, 5) is 16.0. The van der Waals surface area contributed by atoms with Gasteiger partial charge < -0.3 is 10.1 Å². The van der Waals surface area contributed by atoms with E-state index in [1.54, 1.807) is 0 Å². The summed E-state index contributed by atoms with van der Waals surface area (Å²) < 4.78 is 5.70. The van der Waals surface area contributed by atoms with Crippen molar-refractivity contribution in [2.45, 2.75) is 33.6 Å². The molecule has 0 saturated heterocycles. The lowest BCUT2D eigenvalue weighted by atomic mass is 10.2. The zero-order valence-electron chi connectivity index (χ0n) is 15.2. The second kappa shape index (κ2) is 8.11. The molecule has 1 aliphatic heterocycles. The predicted molar refractivity (Wildman–Crippen MR) is 101 cm³/mol. The number of guanidine groups is 1. The van der Waals surface area contributed by atoms with Gasteiger partial charge in [0.05, 0.1) is 25.6 Å². The molecule has 1 aromatic heterocycles. The molecule has 7 heteroatoms. The molecule has 134 valence electrons. The Morgan fingerprint density at radius 1 is 1.28 bits per heavy atom. The number of rotatable bonds is 6. The van der Waals surface area contributed by atoms with Gasteiger partial charge in [0.15, 0.2) is 0 Å². The summed E-state index contributed by atoms with van der Waals surface area (Å²) in [5.74, 6) is 2.02. The van der Waals surface area contributed by atoms with Crippen LogP contribution in [0.5, 0.6) is 5.75 Å². The number of nitrogens with one attached hydrogen (secondary N) is 2. The number of aryl methyl sites for hydroxylation is 1. The number of aromatic nitrogens is 2. The number of ether oxygens (including phenoxy) is 1. The Morgan fingerprint density at radius 2 is 2.16 bits per heavy atom. The Balaban J connectivity index is 1.78. The van der Waals surface area contributed by atoms with Crippen LogP contribution in [0.25, 0.3) is 10.9 Å². The SMILES string of the molecule is CCCCN1CN=C(Nc2nc(C)c3cccc(OCC)c3n2)NC1. The van der Waals surface area contributed by atoms with Crippen molar-refractivity contribution in [1.82, 2.24) is 20.2 Å². The van der Waals surface area contributed by atoms with Crippen LogP contribution in [0, 0.1) is 6.92 Å². The summed E-state index contributed by atoms with van der Waals surface area (Å²) >= 11 is 0. The van der Waals surface area contributed by atoms with Gasteiger partial charge in [-0.25, -0.2) is 15.0 Å². The molecule has 0 unspecified atom stereocenters. The second-order valence-electron chi connectivity index (χ2n) is 6.07. The summed E-state index contributed by atoms with van der Waals surface area (Å²) in [5, 5.41) is 7.48. The van der Waals surface area contributed by atoms with Crippen LogP contribution in [0.2, 0.25) is 0 Å². The smallest absolute Gasteiger partial charge is 0.230 e. The summed E-state index contributed by atoms with van der Waals surface area (Å²) in [6.45, 7) is 9.28. The van der Waals surface area contributed by atoms with Crippen molar-refractivity contribution in [3.63, 3.8) is 0 Å². The third kappa shape index (κ3) is 4.17. The quantitative estimate of drug-likeness (QED) is 0.841. The highest BCUT2D eigenvalue weighted by molar-refractivity contribution is 5.94. The van der Waals surface area contributed by atoms with Crippen molar-refractivity contribution in [3.8, 4) is 5.75 Å². The van der Waals surface area contributed by atoms with Crippen LogP contribution < -0.4 is 15.4 Å². The lowest BCUT2D eigenvalue weighted by molar-refractivity contribution is 0.261. The van der Waals surface area contributed by atoms with E-state index in [1.165, 1.54) is 12.8 Å². The van der Waals surface area contributed by atoms with Crippen LogP contribution in [0.3, 0.4) is 0 Å². The maximum Gasteiger partial charge on any atom is 0.230 e. The van der Waals surface area contributed by atoms with Gasteiger partial charge in [-0.1, -0.05) is 25.5 Å². The van der Waals surface area contributed by atoms with E-state index in [9.17, 15) is 0 Å². The Morgan fingerprint density at radius 3 is 2.88 bits per heavy atom. The average molecular weight is 342 g/mol. The van der Waals surface area contributed by atoms with Gasteiger partial charge in [0, 0.05) is 11.9 Å². The molecule has 3 rings (SSSR count). The van der Waals surface area contributed by atoms with E-state index in [0.29, 0.717) is 25.2 Å². The van der Waals surface area contributed by atoms with E-state index < -0.39 is 0 Å². The maximum absolute atomic E-state index is 5.70. The zero-order chi connectivity index (χ0) is 17.6. The fraction of sp³-hybridized carbons (Fsp3) is 0.500. The van der Waals surface area contributed by atoms with Crippen molar-refractivity contribution in [2.24, 2.45) is 4.99 Å². The van der Waals surface area contributed by atoms with Gasteiger partial charge in [-0.05, 0) is 26.3 Å². The molecule has 1 aromatic carbocycles. The number of para-hydroxylation sites is 1. The zero-order valence-corrected chi connectivity index (χ0v) is 15.2. The summed E-state index contributed by atoms with van der Waals surface area (Å²) in [6.07, 6.45) is 2.38. The Bertz CT molecular complexity index is 761. The molecule has 2 heterocycles. The Labute approximate surface area is 148 Å². The highest BCUT2D eigenvalue weighted by Gasteiger charge is 2.14. The first-order chi connectivity index (χ1) is 12.2. The number of nitrogens with zero attached hydrogens (tertiary/aromatic N) is 4.